The van der Waals surface area contributed by atoms with E-state index in [0.717, 1.165) is 22.2 Å². The third-order valence-electron chi connectivity index (χ3n) is 3.05. The molecule has 3 N–H and O–H groups in total. The fourth-order valence-electron chi connectivity index (χ4n) is 2.01. The highest BCUT2D eigenvalue weighted by Gasteiger charge is 2.10. The molecule has 2 aromatic carbocycles. The first kappa shape index (κ1) is 14.1. The van der Waals surface area contributed by atoms with Gasteiger partial charge in [0, 0.05) is 10.5 Å². The van der Waals surface area contributed by atoms with Gasteiger partial charge in [0.25, 0.3) is 0 Å². The molecule has 0 heterocycles. The van der Waals surface area contributed by atoms with Gasteiger partial charge >= 0.3 is 0 Å². The second kappa shape index (κ2) is 6.70. The second-order valence-electron chi connectivity index (χ2n) is 4.33. The maximum Gasteiger partial charge on any atom is 0.118 e. The molecule has 0 amide bonds. The Hall–Kier alpha value is -1.36. The van der Waals surface area contributed by atoms with E-state index in [1.165, 1.54) is 5.56 Å². The van der Waals surface area contributed by atoms with Crippen LogP contribution in [-0.2, 0) is 6.42 Å². The number of rotatable bonds is 5. The zero-order valence-corrected chi connectivity index (χ0v) is 12.4. The van der Waals surface area contributed by atoms with Crippen LogP contribution in [0.3, 0.4) is 0 Å². The van der Waals surface area contributed by atoms with Crippen LogP contribution in [0.25, 0.3) is 0 Å². The van der Waals surface area contributed by atoms with E-state index in [2.05, 4.69) is 33.5 Å². The molecule has 0 saturated carbocycles. The SMILES string of the molecule is COc1ccc(C(Cc2cccc(Br)c2)NN)cc1. The minimum atomic E-state index is 0.0835. The minimum absolute atomic E-state index is 0.0835. The molecule has 0 spiro atoms. The Bertz CT molecular complexity index is 528. The molecule has 0 aliphatic heterocycles. The van der Waals surface area contributed by atoms with Crippen LogP contribution >= 0.6 is 15.9 Å². The van der Waals surface area contributed by atoms with E-state index in [1.54, 1.807) is 7.11 Å². The van der Waals surface area contributed by atoms with E-state index in [-0.39, 0.29) is 6.04 Å². The van der Waals surface area contributed by atoms with Gasteiger partial charge in [-0.15, -0.1) is 0 Å². The predicted octanol–water partition coefficient (Wildman–Crippen LogP) is 3.20. The molecular weight excluding hydrogens is 304 g/mol. The van der Waals surface area contributed by atoms with Crippen LogP contribution < -0.4 is 16.0 Å². The van der Waals surface area contributed by atoms with Gasteiger partial charge in [0.1, 0.15) is 5.75 Å². The van der Waals surface area contributed by atoms with Crippen LogP contribution in [0, 0.1) is 0 Å². The van der Waals surface area contributed by atoms with Crippen LogP contribution in [0.5, 0.6) is 5.75 Å². The first-order chi connectivity index (χ1) is 9.22. The first-order valence-electron chi connectivity index (χ1n) is 6.07. The summed E-state index contributed by atoms with van der Waals surface area (Å²) in [5.41, 5.74) is 5.24. The van der Waals surface area contributed by atoms with Gasteiger partial charge in [0.05, 0.1) is 7.11 Å². The molecule has 3 nitrogen and oxygen atoms in total. The number of ether oxygens (including phenoxy) is 1. The average molecular weight is 321 g/mol. The van der Waals surface area contributed by atoms with Gasteiger partial charge in [-0.3, -0.25) is 11.3 Å². The quantitative estimate of drug-likeness (QED) is 0.657. The van der Waals surface area contributed by atoms with Crippen molar-refractivity contribution in [3.63, 3.8) is 0 Å². The summed E-state index contributed by atoms with van der Waals surface area (Å²) in [4.78, 5) is 0. The fraction of sp³-hybridized carbons (Fsp3) is 0.200. The van der Waals surface area contributed by atoms with Gasteiger partial charge < -0.3 is 4.74 Å². The summed E-state index contributed by atoms with van der Waals surface area (Å²) in [6.07, 6.45) is 0.836. The predicted molar refractivity (Wildman–Crippen MR) is 80.9 cm³/mol. The molecule has 0 aliphatic rings. The van der Waals surface area contributed by atoms with Crippen molar-refractivity contribution in [2.75, 3.05) is 7.11 Å². The van der Waals surface area contributed by atoms with Crippen molar-refractivity contribution in [3.05, 3.63) is 64.1 Å². The van der Waals surface area contributed by atoms with Crippen LogP contribution in [0.1, 0.15) is 17.2 Å². The number of hydrogen-bond acceptors (Lipinski definition) is 3. The van der Waals surface area contributed by atoms with E-state index < -0.39 is 0 Å². The van der Waals surface area contributed by atoms with Gasteiger partial charge in [-0.25, -0.2) is 0 Å². The lowest BCUT2D eigenvalue weighted by molar-refractivity contribution is 0.414. The van der Waals surface area contributed by atoms with E-state index in [4.69, 9.17) is 10.6 Å². The van der Waals surface area contributed by atoms with Crippen LogP contribution in [0.4, 0.5) is 0 Å². The molecule has 4 heteroatoms. The molecule has 2 aromatic rings. The van der Waals surface area contributed by atoms with Gasteiger partial charge in [-0.1, -0.05) is 40.2 Å². The summed E-state index contributed by atoms with van der Waals surface area (Å²) in [5, 5.41) is 0. The number of halogens is 1. The molecule has 0 bridgehead atoms. The van der Waals surface area contributed by atoms with Crippen molar-refractivity contribution in [1.29, 1.82) is 0 Å². The Labute approximate surface area is 121 Å². The molecule has 100 valence electrons. The minimum Gasteiger partial charge on any atom is -0.497 e. The molecule has 0 radical (unpaired) electrons. The number of nitrogens with one attached hydrogen (secondary N) is 1. The molecule has 19 heavy (non-hydrogen) atoms. The van der Waals surface area contributed by atoms with Crippen LogP contribution in [0.2, 0.25) is 0 Å². The van der Waals surface area contributed by atoms with Crippen molar-refractivity contribution in [1.82, 2.24) is 5.43 Å². The number of benzene rings is 2. The maximum absolute atomic E-state index is 5.67. The summed E-state index contributed by atoms with van der Waals surface area (Å²) in [6.45, 7) is 0. The number of hydrogen-bond donors (Lipinski definition) is 2. The smallest absolute Gasteiger partial charge is 0.118 e. The average Bonchev–Trinajstić information content (AvgIpc) is 2.45. The van der Waals surface area contributed by atoms with Crippen molar-refractivity contribution >= 4 is 15.9 Å². The molecule has 1 atom stereocenters. The Morgan fingerprint density at radius 2 is 1.95 bits per heavy atom. The Kier molecular flexibility index (Phi) is 4.96. The summed E-state index contributed by atoms with van der Waals surface area (Å²) in [6, 6.07) is 16.3. The van der Waals surface area contributed by atoms with E-state index in [9.17, 15) is 0 Å². The highest BCUT2D eigenvalue weighted by Crippen LogP contribution is 2.22. The zero-order valence-electron chi connectivity index (χ0n) is 10.8. The van der Waals surface area contributed by atoms with Gasteiger partial charge in [0.2, 0.25) is 0 Å². The highest BCUT2D eigenvalue weighted by molar-refractivity contribution is 9.10. The summed E-state index contributed by atoms with van der Waals surface area (Å²) >= 11 is 3.48. The van der Waals surface area contributed by atoms with Gasteiger partial charge in [-0.05, 0) is 41.8 Å². The molecule has 0 aromatic heterocycles. The van der Waals surface area contributed by atoms with E-state index in [1.807, 2.05) is 36.4 Å². The molecular formula is C15H17BrN2O. The highest BCUT2D eigenvalue weighted by atomic mass is 79.9. The summed E-state index contributed by atoms with van der Waals surface area (Å²) in [7, 11) is 1.66. The van der Waals surface area contributed by atoms with Crippen molar-refractivity contribution in [2.45, 2.75) is 12.5 Å². The van der Waals surface area contributed by atoms with Crippen molar-refractivity contribution in [2.24, 2.45) is 5.84 Å². The maximum atomic E-state index is 5.67. The standard InChI is InChI=1S/C15H17BrN2O/c1-19-14-7-5-12(6-8-14)15(18-17)10-11-3-2-4-13(16)9-11/h2-9,15,18H,10,17H2,1H3. The summed E-state index contributed by atoms with van der Waals surface area (Å²) in [5.74, 6) is 6.52. The molecule has 2 rings (SSSR count). The lowest BCUT2D eigenvalue weighted by Gasteiger charge is -2.17. The third kappa shape index (κ3) is 3.80. The van der Waals surface area contributed by atoms with Crippen LogP contribution in [0.15, 0.2) is 53.0 Å². The van der Waals surface area contributed by atoms with Gasteiger partial charge in [-0.2, -0.15) is 0 Å². The largest absolute Gasteiger partial charge is 0.497 e. The summed E-state index contributed by atoms with van der Waals surface area (Å²) < 4.78 is 6.24. The Balaban J connectivity index is 2.15. The topological polar surface area (TPSA) is 47.3 Å². The lowest BCUT2D eigenvalue weighted by atomic mass is 9.99. The Morgan fingerprint density at radius 1 is 1.21 bits per heavy atom. The zero-order chi connectivity index (χ0) is 13.7. The molecule has 0 aliphatic carbocycles. The second-order valence-corrected chi connectivity index (χ2v) is 5.24. The number of methoxy groups -OCH3 is 1. The monoisotopic (exact) mass is 320 g/mol. The van der Waals surface area contributed by atoms with Crippen LogP contribution in [-0.4, -0.2) is 7.11 Å². The number of nitrogens with two attached hydrogens (primary N) is 1. The van der Waals surface area contributed by atoms with E-state index in [0.29, 0.717) is 0 Å². The molecule has 0 fully saturated rings. The van der Waals surface area contributed by atoms with Gasteiger partial charge in [0.15, 0.2) is 0 Å². The normalized spacial score (nSPS) is 12.2. The molecule has 0 saturated heterocycles. The lowest BCUT2D eigenvalue weighted by Crippen LogP contribution is -2.29. The first-order valence-corrected chi connectivity index (χ1v) is 6.86. The Morgan fingerprint density at radius 3 is 2.53 bits per heavy atom. The number of hydrazine groups is 1. The third-order valence-corrected chi connectivity index (χ3v) is 3.54. The van der Waals surface area contributed by atoms with E-state index >= 15 is 0 Å². The van der Waals surface area contributed by atoms with Crippen molar-refractivity contribution < 1.29 is 4.74 Å². The van der Waals surface area contributed by atoms with Crippen molar-refractivity contribution in [3.8, 4) is 5.75 Å². The fourth-order valence-corrected chi connectivity index (χ4v) is 2.46. The molecule has 1 unspecified atom stereocenters.